The van der Waals surface area contributed by atoms with Crippen molar-refractivity contribution in [2.45, 2.75) is 13.3 Å². The average molecular weight is 318 g/mol. The predicted octanol–water partition coefficient (Wildman–Crippen LogP) is 3.05. The lowest BCUT2D eigenvalue weighted by atomic mass is 10.1. The highest BCUT2D eigenvalue weighted by Gasteiger charge is 2.15. The first-order valence-electron chi connectivity index (χ1n) is 7.99. The summed E-state index contributed by atoms with van der Waals surface area (Å²) < 4.78 is 5.47. The molecule has 0 aliphatic carbocycles. The first-order chi connectivity index (χ1) is 11.7. The summed E-state index contributed by atoms with van der Waals surface area (Å²) in [5.41, 5.74) is 4.38. The second-order valence-corrected chi connectivity index (χ2v) is 5.84. The number of fused-ring (bicyclic) bond motifs is 1. The van der Waals surface area contributed by atoms with Crippen LogP contribution in [-0.4, -0.2) is 18.7 Å². The third-order valence-corrected chi connectivity index (χ3v) is 4.29. The summed E-state index contributed by atoms with van der Waals surface area (Å²) in [6.45, 7) is 2.06. The lowest BCUT2D eigenvalue weighted by molar-refractivity contribution is 0.768. The molecule has 1 aromatic carbocycles. The Hall–Kier alpha value is -3.08. The molecule has 3 aromatic heterocycles. The Morgan fingerprint density at radius 3 is 2.54 bits per heavy atom. The number of aryl methyl sites for hydroxylation is 2. The van der Waals surface area contributed by atoms with Gasteiger partial charge in [-0.1, -0.05) is 25.1 Å². The molecule has 5 nitrogen and oxygen atoms in total. The van der Waals surface area contributed by atoms with Gasteiger partial charge in [-0.15, -0.1) is 0 Å². The van der Waals surface area contributed by atoms with Gasteiger partial charge in [0.25, 0.3) is 5.56 Å². The summed E-state index contributed by atoms with van der Waals surface area (Å²) in [5, 5.41) is 4.22. The summed E-state index contributed by atoms with van der Waals surface area (Å²) in [4.78, 5) is 13.3. The molecular formula is C19H18N4O. The highest BCUT2D eigenvalue weighted by atomic mass is 16.1. The van der Waals surface area contributed by atoms with Crippen molar-refractivity contribution in [3.63, 3.8) is 0 Å². The van der Waals surface area contributed by atoms with Gasteiger partial charge in [0, 0.05) is 48.1 Å². The molecule has 0 spiro atoms. The van der Waals surface area contributed by atoms with Crippen LogP contribution in [0.25, 0.3) is 22.3 Å². The molecule has 3 heterocycles. The Balaban J connectivity index is 2.06. The topological polar surface area (TPSA) is 44.2 Å². The summed E-state index contributed by atoms with van der Waals surface area (Å²) >= 11 is 0. The second-order valence-electron chi connectivity index (χ2n) is 5.84. The molecule has 0 amide bonds. The van der Waals surface area contributed by atoms with Crippen molar-refractivity contribution in [3.8, 4) is 16.8 Å². The Morgan fingerprint density at radius 2 is 1.88 bits per heavy atom. The summed E-state index contributed by atoms with van der Waals surface area (Å²) in [6, 6.07) is 11.8. The van der Waals surface area contributed by atoms with Crippen LogP contribution in [0.4, 0.5) is 0 Å². The van der Waals surface area contributed by atoms with E-state index >= 15 is 0 Å². The van der Waals surface area contributed by atoms with Gasteiger partial charge in [-0.2, -0.15) is 5.10 Å². The fourth-order valence-electron chi connectivity index (χ4n) is 3.14. The van der Waals surface area contributed by atoms with Gasteiger partial charge in [-0.25, -0.2) is 0 Å². The number of rotatable bonds is 3. The van der Waals surface area contributed by atoms with Crippen molar-refractivity contribution in [2.24, 2.45) is 7.05 Å². The van der Waals surface area contributed by atoms with Gasteiger partial charge in [-0.05, 0) is 24.6 Å². The van der Waals surface area contributed by atoms with Crippen LogP contribution in [0.3, 0.4) is 0 Å². The molecule has 0 saturated carbocycles. The van der Waals surface area contributed by atoms with E-state index in [0.717, 1.165) is 28.9 Å². The Bertz CT molecular complexity index is 1070. The monoisotopic (exact) mass is 318 g/mol. The fourth-order valence-corrected chi connectivity index (χ4v) is 3.14. The van der Waals surface area contributed by atoms with Gasteiger partial charge in [-0.3, -0.25) is 14.0 Å². The maximum Gasteiger partial charge on any atom is 0.280 e. The molecular weight excluding hydrogens is 300 g/mol. The molecule has 0 bridgehead atoms. The van der Waals surface area contributed by atoms with Gasteiger partial charge in [0.2, 0.25) is 0 Å². The minimum atomic E-state index is -0.00981. The largest absolute Gasteiger partial charge is 0.317 e. The van der Waals surface area contributed by atoms with Gasteiger partial charge < -0.3 is 4.40 Å². The number of nitrogens with zero attached hydrogens (tertiary/aromatic N) is 4. The van der Waals surface area contributed by atoms with Crippen LogP contribution in [0, 0.1) is 0 Å². The molecule has 0 fully saturated rings. The van der Waals surface area contributed by atoms with Crippen molar-refractivity contribution in [1.82, 2.24) is 18.7 Å². The molecule has 0 N–H and O–H groups in total. The van der Waals surface area contributed by atoms with Crippen LogP contribution in [-0.2, 0) is 13.5 Å². The van der Waals surface area contributed by atoms with Crippen LogP contribution in [0.5, 0.6) is 0 Å². The van der Waals surface area contributed by atoms with E-state index in [1.165, 1.54) is 0 Å². The molecule has 0 aliphatic rings. The fraction of sp³-hybridized carbons (Fsp3) is 0.158. The Labute approximate surface area is 139 Å². The molecule has 4 rings (SSSR count). The molecule has 120 valence electrons. The van der Waals surface area contributed by atoms with Crippen molar-refractivity contribution in [1.29, 1.82) is 0 Å². The van der Waals surface area contributed by atoms with E-state index in [4.69, 9.17) is 0 Å². The van der Waals surface area contributed by atoms with Crippen molar-refractivity contribution >= 4 is 5.52 Å². The molecule has 0 aliphatic heterocycles. The van der Waals surface area contributed by atoms with Crippen LogP contribution >= 0.6 is 0 Å². The Kier molecular flexibility index (Phi) is 3.34. The van der Waals surface area contributed by atoms with Gasteiger partial charge in [0.1, 0.15) is 5.52 Å². The maximum absolute atomic E-state index is 13.3. The molecule has 4 aromatic rings. The van der Waals surface area contributed by atoms with E-state index in [1.807, 2.05) is 66.4 Å². The van der Waals surface area contributed by atoms with Crippen LogP contribution in [0.15, 0.2) is 66.0 Å². The first kappa shape index (κ1) is 14.5. The first-order valence-corrected chi connectivity index (χ1v) is 7.99. The number of hydrogen-bond acceptors (Lipinski definition) is 2. The molecule has 24 heavy (non-hydrogen) atoms. The van der Waals surface area contributed by atoms with Crippen molar-refractivity contribution < 1.29 is 0 Å². The molecule has 0 radical (unpaired) electrons. The predicted molar refractivity (Wildman–Crippen MR) is 94.6 cm³/mol. The number of aromatic nitrogens is 4. The van der Waals surface area contributed by atoms with Gasteiger partial charge in [0.15, 0.2) is 0 Å². The van der Waals surface area contributed by atoms with E-state index in [0.29, 0.717) is 5.52 Å². The zero-order valence-electron chi connectivity index (χ0n) is 13.7. The standard InChI is InChI=1S/C19H18N4O/c1-3-15-13-22-10-9-17(14-11-20-21(2)12-14)18(22)19(24)23(15)16-7-5-4-6-8-16/h4-13H,3H2,1-2H3. The van der Waals surface area contributed by atoms with Crippen molar-refractivity contribution in [2.75, 3.05) is 0 Å². The van der Waals surface area contributed by atoms with Crippen LogP contribution < -0.4 is 5.56 Å². The summed E-state index contributed by atoms with van der Waals surface area (Å²) in [6.07, 6.45) is 8.46. The average Bonchev–Trinajstić information content (AvgIpc) is 3.21. The number of hydrogen-bond donors (Lipinski definition) is 0. The van der Waals surface area contributed by atoms with E-state index < -0.39 is 0 Å². The second kappa shape index (κ2) is 5.53. The van der Waals surface area contributed by atoms with Crippen LogP contribution in [0.2, 0.25) is 0 Å². The molecule has 0 unspecified atom stereocenters. The van der Waals surface area contributed by atoms with Crippen LogP contribution in [0.1, 0.15) is 12.6 Å². The smallest absolute Gasteiger partial charge is 0.280 e. The molecule has 5 heteroatoms. The highest BCUT2D eigenvalue weighted by molar-refractivity contribution is 5.80. The number of para-hydroxylation sites is 1. The van der Waals surface area contributed by atoms with E-state index in [1.54, 1.807) is 15.4 Å². The zero-order valence-corrected chi connectivity index (χ0v) is 13.7. The third-order valence-electron chi connectivity index (χ3n) is 4.29. The van der Waals surface area contributed by atoms with Gasteiger partial charge >= 0.3 is 0 Å². The normalized spacial score (nSPS) is 11.2. The lowest BCUT2D eigenvalue weighted by Crippen LogP contribution is -2.23. The van der Waals surface area contributed by atoms with Crippen molar-refractivity contribution in [3.05, 3.63) is 77.2 Å². The summed E-state index contributed by atoms with van der Waals surface area (Å²) in [7, 11) is 1.87. The van der Waals surface area contributed by atoms with E-state index in [-0.39, 0.29) is 5.56 Å². The minimum Gasteiger partial charge on any atom is -0.317 e. The number of benzene rings is 1. The maximum atomic E-state index is 13.3. The molecule has 0 atom stereocenters. The SMILES string of the molecule is CCc1cn2ccc(-c3cnn(C)c3)c2c(=O)n1-c1ccccc1. The third kappa shape index (κ3) is 2.17. The highest BCUT2D eigenvalue weighted by Crippen LogP contribution is 2.24. The van der Waals surface area contributed by atoms with Gasteiger partial charge in [0.05, 0.1) is 6.20 Å². The lowest BCUT2D eigenvalue weighted by Gasteiger charge is -2.13. The molecule has 0 saturated heterocycles. The quantitative estimate of drug-likeness (QED) is 0.583. The van der Waals surface area contributed by atoms with E-state index in [9.17, 15) is 4.79 Å². The Morgan fingerprint density at radius 1 is 1.08 bits per heavy atom. The zero-order chi connectivity index (χ0) is 16.7. The van der Waals surface area contributed by atoms with E-state index in [2.05, 4.69) is 12.0 Å². The minimum absolute atomic E-state index is 0.00981. The summed E-state index contributed by atoms with van der Waals surface area (Å²) in [5.74, 6) is 0.